The number of aromatic hydroxyl groups is 1. The lowest BCUT2D eigenvalue weighted by Gasteiger charge is -2.10. The number of aromatic nitrogens is 2. The van der Waals surface area contributed by atoms with Gasteiger partial charge in [-0.3, -0.25) is 0 Å². The van der Waals surface area contributed by atoms with E-state index in [0.29, 0.717) is 5.92 Å². The molecule has 0 atom stereocenters. The molecule has 0 spiro atoms. The molecule has 0 amide bonds. The van der Waals surface area contributed by atoms with Crippen LogP contribution >= 0.6 is 0 Å². The second-order valence-electron chi connectivity index (χ2n) is 4.95. The lowest BCUT2D eigenvalue weighted by atomic mass is 10.0. The fourth-order valence-corrected chi connectivity index (χ4v) is 2.21. The van der Waals surface area contributed by atoms with Gasteiger partial charge in [-0.25, -0.2) is 4.68 Å². The number of rotatable bonds is 4. The monoisotopic (exact) mass is 244 g/mol. The van der Waals surface area contributed by atoms with Gasteiger partial charge >= 0.3 is 0 Å². The van der Waals surface area contributed by atoms with Gasteiger partial charge in [-0.1, -0.05) is 39.0 Å². The van der Waals surface area contributed by atoms with Crippen molar-refractivity contribution in [3.05, 3.63) is 41.6 Å². The molecular formula is C15H20N2O. The molecule has 18 heavy (non-hydrogen) atoms. The van der Waals surface area contributed by atoms with Crippen LogP contribution in [0.5, 0.6) is 5.88 Å². The first kappa shape index (κ1) is 12.7. The summed E-state index contributed by atoms with van der Waals surface area (Å²) in [7, 11) is 0. The highest BCUT2D eigenvalue weighted by molar-refractivity contribution is 5.39. The van der Waals surface area contributed by atoms with Crippen LogP contribution in [0.2, 0.25) is 0 Å². The molecule has 0 saturated carbocycles. The Morgan fingerprint density at radius 1 is 1.22 bits per heavy atom. The zero-order chi connectivity index (χ0) is 13.1. The molecule has 0 bridgehead atoms. The minimum Gasteiger partial charge on any atom is -0.492 e. The van der Waals surface area contributed by atoms with Gasteiger partial charge in [0.2, 0.25) is 5.88 Å². The molecule has 1 aromatic carbocycles. The van der Waals surface area contributed by atoms with E-state index in [1.54, 1.807) is 0 Å². The summed E-state index contributed by atoms with van der Waals surface area (Å²) in [5.74, 6) is 0.700. The molecule has 3 nitrogen and oxygen atoms in total. The SMILES string of the molecule is CCc1c(O)nn(-c2ccccc2)c1CC(C)C. The van der Waals surface area contributed by atoms with Gasteiger partial charge in [0.05, 0.1) is 11.4 Å². The predicted octanol–water partition coefficient (Wildman–Crippen LogP) is 3.34. The summed E-state index contributed by atoms with van der Waals surface area (Å²) < 4.78 is 1.87. The molecule has 0 unspecified atom stereocenters. The smallest absolute Gasteiger partial charge is 0.234 e. The maximum absolute atomic E-state index is 9.95. The van der Waals surface area contributed by atoms with Crippen molar-refractivity contribution in [2.45, 2.75) is 33.6 Å². The first-order valence-corrected chi connectivity index (χ1v) is 6.48. The van der Waals surface area contributed by atoms with E-state index in [2.05, 4.69) is 25.9 Å². The molecule has 2 rings (SSSR count). The lowest BCUT2D eigenvalue weighted by molar-refractivity contribution is 0.443. The Morgan fingerprint density at radius 2 is 1.89 bits per heavy atom. The van der Waals surface area contributed by atoms with Gasteiger partial charge in [-0.2, -0.15) is 0 Å². The largest absolute Gasteiger partial charge is 0.492 e. The molecule has 0 aliphatic rings. The second kappa shape index (κ2) is 5.25. The third-order valence-corrected chi connectivity index (χ3v) is 3.02. The van der Waals surface area contributed by atoms with Crippen molar-refractivity contribution in [3.63, 3.8) is 0 Å². The van der Waals surface area contributed by atoms with E-state index in [0.717, 1.165) is 29.8 Å². The summed E-state index contributed by atoms with van der Waals surface area (Å²) in [5, 5.41) is 14.2. The van der Waals surface area contributed by atoms with Crippen LogP contribution in [-0.2, 0) is 12.8 Å². The van der Waals surface area contributed by atoms with Crippen LogP contribution in [0, 0.1) is 5.92 Å². The van der Waals surface area contributed by atoms with Gasteiger partial charge in [0.1, 0.15) is 0 Å². The molecule has 1 aromatic heterocycles. The number of benzene rings is 1. The van der Waals surface area contributed by atoms with Gasteiger partial charge < -0.3 is 5.11 Å². The van der Waals surface area contributed by atoms with Crippen LogP contribution < -0.4 is 0 Å². The predicted molar refractivity (Wildman–Crippen MR) is 73.1 cm³/mol. The fourth-order valence-electron chi connectivity index (χ4n) is 2.21. The average Bonchev–Trinajstić information content (AvgIpc) is 2.66. The molecule has 2 aromatic rings. The van der Waals surface area contributed by atoms with Crippen LogP contribution in [0.25, 0.3) is 5.69 Å². The first-order chi connectivity index (χ1) is 8.63. The van der Waals surface area contributed by atoms with Gasteiger partial charge in [0.25, 0.3) is 0 Å². The quantitative estimate of drug-likeness (QED) is 0.895. The highest BCUT2D eigenvalue weighted by Gasteiger charge is 2.17. The van der Waals surface area contributed by atoms with Crippen LogP contribution in [0.15, 0.2) is 30.3 Å². The number of para-hydroxylation sites is 1. The maximum atomic E-state index is 9.95. The van der Waals surface area contributed by atoms with Crippen molar-refractivity contribution >= 4 is 0 Å². The third kappa shape index (κ3) is 2.40. The maximum Gasteiger partial charge on any atom is 0.234 e. The second-order valence-corrected chi connectivity index (χ2v) is 4.95. The van der Waals surface area contributed by atoms with Gasteiger partial charge in [-0.05, 0) is 30.9 Å². The average molecular weight is 244 g/mol. The number of hydrogen-bond donors (Lipinski definition) is 1. The van der Waals surface area contributed by atoms with E-state index in [9.17, 15) is 5.11 Å². The standard InChI is InChI=1S/C15H20N2O/c1-4-13-14(10-11(2)3)17(16-15(13)18)12-8-6-5-7-9-12/h5-9,11H,4,10H2,1-3H3,(H,16,18). The van der Waals surface area contributed by atoms with E-state index in [-0.39, 0.29) is 5.88 Å². The number of nitrogens with zero attached hydrogens (tertiary/aromatic N) is 2. The molecule has 1 heterocycles. The Hall–Kier alpha value is -1.77. The zero-order valence-corrected chi connectivity index (χ0v) is 11.2. The van der Waals surface area contributed by atoms with Crippen LogP contribution in [-0.4, -0.2) is 14.9 Å². The van der Waals surface area contributed by atoms with Gasteiger partial charge in [0, 0.05) is 5.56 Å². The van der Waals surface area contributed by atoms with Gasteiger partial charge in [0.15, 0.2) is 0 Å². The van der Waals surface area contributed by atoms with E-state index in [4.69, 9.17) is 0 Å². The van der Waals surface area contributed by atoms with Crippen molar-refractivity contribution < 1.29 is 5.11 Å². The summed E-state index contributed by atoms with van der Waals surface area (Å²) in [6, 6.07) is 9.97. The summed E-state index contributed by atoms with van der Waals surface area (Å²) >= 11 is 0. The highest BCUT2D eigenvalue weighted by atomic mass is 16.3. The van der Waals surface area contributed by atoms with E-state index in [1.807, 2.05) is 35.0 Å². The molecule has 0 aliphatic heterocycles. The lowest BCUT2D eigenvalue weighted by Crippen LogP contribution is -2.06. The Morgan fingerprint density at radius 3 is 2.44 bits per heavy atom. The summed E-state index contributed by atoms with van der Waals surface area (Å²) in [6.07, 6.45) is 1.73. The summed E-state index contributed by atoms with van der Waals surface area (Å²) in [4.78, 5) is 0. The minimum absolute atomic E-state index is 0.164. The molecule has 0 radical (unpaired) electrons. The van der Waals surface area contributed by atoms with Crippen molar-refractivity contribution in [2.24, 2.45) is 5.92 Å². The topological polar surface area (TPSA) is 38.1 Å². The third-order valence-electron chi connectivity index (χ3n) is 3.02. The molecule has 0 fully saturated rings. The Balaban J connectivity index is 2.53. The summed E-state index contributed by atoms with van der Waals surface area (Å²) in [6.45, 7) is 6.41. The zero-order valence-electron chi connectivity index (χ0n) is 11.2. The molecule has 3 heteroatoms. The summed E-state index contributed by atoms with van der Waals surface area (Å²) in [5.41, 5.74) is 3.09. The van der Waals surface area contributed by atoms with E-state index in [1.165, 1.54) is 0 Å². The van der Waals surface area contributed by atoms with Crippen molar-refractivity contribution in [1.29, 1.82) is 0 Å². The van der Waals surface area contributed by atoms with Crippen molar-refractivity contribution in [1.82, 2.24) is 9.78 Å². The highest BCUT2D eigenvalue weighted by Crippen LogP contribution is 2.26. The normalized spacial score (nSPS) is 11.1. The minimum atomic E-state index is 0.164. The van der Waals surface area contributed by atoms with E-state index < -0.39 is 0 Å². The number of hydrogen-bond acceptors (Lipinski definition) is 2. The molecule has 96 valence electrons. The Labute approximate surface area is 108 Å². The van der Waals surface area contributed by atoms with Crippen molar-refractivity contribution in [3.8, 4) is 11.6 Å². The van der Waals surface area contributed by atoms with Gasteiger partial charge in [-0.15, -0.1) is 5.10 Å². The molecule has 0 aliphatic carbocycles. The van der Waals surface area contributed by atoms with Crippen LogP contribution in [0.4, 0.5) is 0 Å². The van der Waals surface area contributed by atoms with E-state index >= 15 is 0 Å². The first-order valence-electron chi connectivity index (χ1n) is 6.48. The van der Waals surface area contributed by atoms with Crippen LogP contribution in [0.3, 0.4) is 0 Å². The Kier molecular flexibility index (Phi) is 3.70. The fraction of sp³-hybridized carbons (Fsp3) is 0.400. The molecule has 0 saturated heterocycles. The van der Waals surface area contributed by atoms with Crippen LogP contribution in [0.1, 0.15) is 32.0 Å². The Bertz CT molecular complexity index is 515. The molecular weight excluding hydrogens is 224 g/mol. The molecule has 1 N–H and O–H groups in total. The van der Waals surface area contributed by atoms with Crippen molar-refractivity contribution in [2.75, 3.05) is 0 Å².